The molecule has 0 spiro atoms. The van der Waals surface area contributed by atoms with Crippen LogP contribution >= 0.6 is 0 Å². The van der Waals surface area contributed by atoms with Crippen LogP contribution in [0.3, 0.4) is 0 Å². The van der Waals surface area contributed by atoms with Gasteiger partial charge < -0.3 is 15.0 Å². The summed E-state index contributed by atoms with van der Waals surface area (Å²) in [6.45, 7) is 4.28. The summed E-state index contributed by atoms with van der Waals surface area (Å²) in [7, 11) is 0. The molecule has 2 amide bonds. The number of hydrogen-bond acceptors (Lipinski definition) is 5. The SMILES string of the molecule is CC(C)CC(NC(=O)c1ccc2[nH]nc(-c3ccc(OC4CC5CCC(C4)N5C=O)cc3)c2c1)c1ccccn1. The first-order valence-corrected chi connectivity index (χ1v) is 14.2. The van der Waals surface area contributed by atoms with Crippen LogP contribution in [0.1, 0.15) is 68.0 Å². The molecule has 2 fully saturated rings. The topological polar surface area (TPSA) is 100 Å². The summed E-state index contributed by atoms with van der Waals surface area (Å²) >= 11 is 0. The van der Waals surface area contributed by atoms with Gasteiger partial charge in [-0.15, -0.1) is 0 Å². The van der Waals surface area contributed by atoms with Gasteiger partial charge >= 0.3 is 0 Å². The van der Waals surface area contributed by atoms with Crippen molar-refractivity contribution in [1.29, 1.82) is 0 Å². The molecular weight excluding hydrogens is 502 g/mol. The van der Waals surface area contributed by atoms with E-state index < -0.39 is 0 Å². The lowest BCUT2D eigenvalue weighted by Gasteiger charge is -2.36. The summed E-state index contributed by atoms with van der Waals surface area (Å²) in [5.41, 5.74) is 4.04. The minimum atomic E-state index is -0.165. The Balaban J connectivity index is 1.18. The molecule has 0 aliphatic carbocycles. The second-order valence-electron chi connectivity index (χ2n) is 11.4. The number of aromatic amines is 1. The first-order chi connectivity index (χ1) is 19.5. The molecule has 2 N–H and O–H groups in total. The Labute approximate surface area is 234 Å². The molecule has 4 heterocycles. The number of H-pyrrole nitrogens is 1. The van der Waals surface area contributed by atoms with E-state index >= 15 is 0 Å². The number of amides is 2. The molecular formula is C32H35N5O3. The number of pyridine rings is 1. The Bertz CT molecular complexity index is 1470. The number of nitrogens with one attached hydrogen (secondary N) is 2. The van der Waals surface area contributed by atoms with Crippen LogP contribution < -0.4 is 10.1 Å². The predicted molar refractivity (Wildman–Crippen MR) is 154 cm³/mol. The quantitative estimate of drug-likeness (QED) is 0.268. The van der Waals surface area contributed by atoms with E-state index in [2.05, 4.69) is 34.3 Å². The number of fused-ring (bicyclic) bond motifs is 3. The fraction of sp³-hybridized carbons (Fsp3) is 0.375. The van der Waals surface area contributed by atoms with Crippen molar-refractivity contribution in [3.05, 3.63) is 78.1 Å². The summed E-state index contributed by atoms with van der Waals surface area (Å²) in [6, 6.07) is 19.8. The second-order valence-corrected chi connectivity index (χ2v) is 11.4. The molecule has 0 radical (unpaired) electrons. The van der Waals surface area contributed by atoms with Crippen LogP contribution in [0.2, 0.25) is 0 Å². The summed E-state index contributed by atoms with van der Waals surface area (Å²) in [5, 5.41) is 11.7. The van der Waals surface area contributed by atoms with Crippen LogP contribution in [-0.2, 0) is 4.79 Å². The highest BCUT2D eigenvalue weighted by Crippen LogP contribution is 2.36. The molecule has 8 heteroatoms. The lowest BCUT2D eigenvalue weighted by Crippen LogP contribution is -2.45. The molecule has 206 valence electrons. The molecule has 40 heavy (non-hydrogen) atoms. The molecule has 2 saturated heterocycles. The Morgan fingerprint density at radius 2 is 1.88 bits per heavy atom. The number of ether oxygens (including phenoxy) is 1. The minimum absolute atomic E-state index is 0.123. The molecule has 3 atom stereocenters. The normalized spacial score (nSPS) is 21.0. The highest BCUT2D eigenvalue weighted by molar-refractivity contribution is 6.01. The van der Waals surface area contributed by atoms with Gasteiger partial charge in [-0.3, -0.25) is 19.7 Å². The number of carbonyl (C=O) groups excluding carboxylic acids is 2. The van der Waals surface area contributed by atoms with Crippen LogP contribution in [0.4, 0.5) is 0 Å². The molecule has 2 aliphatic heterocycles. The van der Waals surface area contributed by atoms with Crippen molar-refractivity contribution >= 4 is 23.2 Å². The first-order valence-electron chi connectivity index (χ1n) is 14.2. The zero-order valence-corrected chi connectivity index (χ0v) is 22.9. The predicted octanol–water partition coefficient (Wildman–Crippen LogP) is 5.67. The maximum Gasteiger partial charge on any atom is 0.251 e. The van der Waals surface area contributed by atoms with E-state index in [4.69, 9.17) is 4.74 Å². The van der Waals surface area contributed by atoms with Gasteiger partial charge in [-0.25, -0.2) is 0 Å². The standard InChI is InChI=1S/C32H35N5O3/c1-20(2)15-30(29-5-3-4-14-33-29)34-32(39)22-8-13-28-27(16-22)31(36-35-28)21-6-11-25(12-7-21)40-26-17-23-9-10-24(18-26)37(23)19-38/h3-8,11-14,16,19-20,23-24,26,30H,9-10,15,17-18H2,1-2H3,(H,34,39)(H,35,36). The smallest absolute Gasteiger partial charge is 0.251 e. The van der Waals surface area contributed by atoms with Crippen molar-refractivity contribution in [2.45, 2.75) is 70.2 Å². The van der Waals surface area contributed by atoms with Gasteiger partial charge in [0.05, 0.1) is 22.9 Å². The first kappa shape index (κ1) is 26.0. The number of hydrogen-bond donors (Lipinski definition) is 2. The monoisotopic (exact) mass is 537 g/mol. The maximum absolute atomic E-state index is 13.3. The zero-order chi connectivity index (χ0) is 27.6. The number of benzene rings is 2. The van der Waals surface area contributed by atoms with Gasteiger partial charge in [-0.1, -0.05) is 19.9 Å². The van der Waals surface area contributed by atoms with Gasteiger partial charge in [0.2, 0.25) is 6.41 Å². The molecule has 2 aromatic carbocycles. The average molecular weight is 538 g/mol. The largest absolute Gasteiger partial charge is 0.490 e. The minimum Gasteiger partial charge on any atom is -0.490 e. The van der Waals surface area contributed by atoms with Gasteiger partial charge in [0.1, 0.15) is 11.9 Å². The molecule has 3 unspecified atom stereocenters. The van der Waals surface area contributed by atoms with Crippen LogP contribution in [0.5, 0.6) is 5.75 Å². The Kier molecular flexibility index (Phi) is 7.24. The summed E-state index contributed by atoms with van der Waals surface area (Å²) in [6.07, 6.45) is 7.57. The second kappa shape index (κ2) is 11.1. The van der Waals surface area contributed by atoms with Crippen molar-refractivity contribution in [2.24, 2.45) is 5.92 Å². The third-order valence-electron chi connectivity index (χ3n) is 8.18. The van der Waals surface area contributed by atoms with Crippen molar-refractivity contribution in [2.75, 3.05) is 0 Å². The van der Waals surface area contributed by atoms with Gasteiger partial charge in [0.25, 0.3) is 5.91 Å². The molecule has 8 nitrogen and oxygen atoms in total. The number of carbonyl (C=O) groups is 2. The molecule has 4 aromatic rings. The Hall–Kier alpha value is -4.20. The van der Waals surface area contributed by atoms with E-state index in [9.17, 15) is 9.59 Å². The number of rotatable bonds is 9. The third kappa shape index (κ3) is 5.30. The van der Waals surface area contributed by atoms with Crippen LogP contribution in [0.15, 0.2) is 66.9 Å². The fourth-order valence-electron chi connectivity index (χ4n) is 6.24. The van der Waals surface area contributed by atoms with Crippen molar-refractivity contribution in [3.63, 3.8) is 0 Å². The Morgan fingerprint density at radius 3 is 2.55 bits per heavy atom. The number of nitrogens with zero attached hydrogens (tertiary/aromatic N) is 3. The molecule has 2 aliphatic rings. The average Bonchev–Trinajstić information content (AvgIpc) is 3.50. The van der Waals surface area contributed by atoms with Crippen LogP contribution in [0, 0.1) is 5.92 Å². The van der Waals surface area contributed by atoms with Crippen LogP contribution in [0.25, 0.3) is 22.2 Å². The maximum atomic E-state index is 13.3. The van der Waals surface area contributed by atoms with E-state index in [0.717, 1.165) is 72.1 Å². The Morgan fingerprint density at radius 1 is 1.10 bits per heavy atom. The lowest BCUT2D eigenvalue weighted by atomic mass is 9.99. The van der Waals surface area contributed by atoms with E-state index in [1.807, 2.05) is 65.6 Å². The molecule has 2 bridgehead atoms. The molecule has 6 rings (SSSR count). The highest BCUT2D eigenvalue weighted by atomic mass is 16.5. The van der Waals surface area contributed by atoms with Gasteiger partial charge in [0, 0.05) is 47.6 Å². The van der Waals surface area contributed by atoms with E-state index in [1.165, 1.54) is 0 Å². The van der Waals surface area contributed by atoms with Crippen molar-refractivity contribution < 1.29 is 14.3 Å². The number of aromatic nitrogens is 3. The molecule has 2 aromatic heterocycles. The van der Waals surface area contributed by atoms with E-state index in [0.29, 0.717) is 23.6 Å². The van der Waals surface area contributed by atoms with E-state index in [1.54, 1.807) is 6.20 Å². The van der Waals surface area contributed by atoms with Gasteiger partial charge in [0.15, 0.2) is 0 Å². The van der Waals surface area contributed by atoms with Gasteiger partial charge in [-0.05, 0) is 79.8 Å². The third-order valence-corrected chi connectivity index (χ3v) is 8.18. The lowest BCUT2D eigenvalue weighted by molar-refractivity contribution is -0.123. The van der Waals surface area contributed by atoms with Crippen LogP contribution in [-0.4, -0.2) is 50.6 Å². The number of piperidine rings is 1. The summed E-state index contributed by atoms with van der Waals surface area (Å²) < 4.78 is 6.31. The van der Waals surface area contributed by atoms with Crippen molar-refractivity contribution in [1.82, 2.24) is 25.4 Å². The highest BCUT2D eigenvalue weighted by Gasteiger charge is 2.40. The van der Waals surface area contributed by atoms with Crippen molar-refractivity contribution in [3.8, 4) is 17.0 Å². The fourth-order valence-corrected chi connectivity index (χ4v) is 6.24. The summed E-state index contributed by atoms with van der Waals surface area (Å²) in [5.74, 6) is 1.09. The molecule has 0 saturated carbocycles. The zero-order valence-electron chi connectivity index (χ0n) is 22.9. The van der Waals surface area contributed by atoms with Gasteiger partial charge in [-0.2, -0.15) is 5.10 Å². The summed E-state index contributed by atoms with van der Waals surface area (Å²) in [4.78, 5) is 31.2. The van der Waals surface area contributed by atoms with E-state index in [-0.39, 0.29) is 18.1 Å².